The molecule has 1 amide bonds. The van der Waals surface area contributed by atoms with E-state index in [4.69, 9.17) is 4.74 Å². The molecule has 126 valence electrons. The molecule has 0 saturated carbocycles. The zero-order chi connectivity index (χ0) is 17.2. The van der Waals surface area contributed by atoms with Gasteiger partial charge in [-0.05, 0) is 30.2 Å². The molecule has 1 atom stereocenters. The van der Waals surface area contributed by atoms with Crippen molar-refractivity contribution in [2.24, 2.45) is 0 Å². The second kappa shape index (κ2) is 6.60. The molecule has 1 heterocycles. The van der Waals surface area contributed by atoms with Crippen molar-refractivity contribution in [3.8, 4) is 5.75 Å². The second-order valence-electron chi connectivity index (χ2n) is 5.58. The fourth-order valence-corrected chi connectivity index (χ4v) is 3.83. The van der Waals surface area contributed by atoms with Gasteiger partial charge >= 0.3 is 0 Å². The normalized spacial score (nSPS) is 16.8. The predicted molar refractivity (Wildman–Crippen MR) is 86.5 cm³/mol. The molecule has 2 aromatic rings. The highest BCUT2D eigenvalue weighted by molar-refractivity contribution is 7.89. The van der Waals surface area contributed by atoms with Crippen molar-refractivity contribution in [3.63, 3.8) is 0 Å². The van der Waals surface area contributed by atoms with Gasteiger partial charge in [-0.3, -0.25) is 9.52 Å². The zero-order valence-electron chi connectivity index (χ0n) is 12.7. The van der Waals surface area contributed by atoms with E-state index in [0.717, 1.165) is 0 Å². The fourth-order valence-electron chi connectivity index (χ4n) is 2.67. The number of nitrogens with one attached hydrogen (secondary N) is 1. The van der Waals surface area contributed by atoms with Crippen molar-refractivity contribution in [2.45, 2.75) is 18.1 Å². The topological polar surface area (TPSA) is 72.5 Å². The first-order valence-corrected chi connectivity index (χ1v) is 9.10. The molecule has 7 heteroatoms. The first kappa shape index (κ1) is 16.4. The minimum atomic E-state index is -3.86. The number of rotatable bonds is 4. The quantitative estimate of drug-likeness (QED) is 0.920. The molecule has 0 spiro atoms. The number of sulfonamides is 1. The summed E-state index contributed by atoms with van der Waals surface area (Å²) in [7, 11) is -3.86. The monoisotopic (exact) mass is 349 g/mol. The lowest BCUT2D eigenvalue weighted by atomic mass is 9.93. The Kier molecular flexibility index (Phi) is 4.53. The lowest BCUT2D eigenvalue weighted by Crippen LogP contribution is -2.37. The summed E-state index contributed by atoms with van der Waals surface area (Å²) in [4.78, 5) is 12.4. The number of ether oxygens (including phenoxy) is 1. The van der Waals surface area contributed by atoms with E-state index >= 15 is 0 Å². The van der Waals surface area contributed by atoms with Gasteiger partial charge in [0.1, 0.15) is 11.6 Å². The van der Waals surface area contributed by atoms with Crippen molar-refractivity contribution < 1.29 is 22.3 Å². The Bertz CT molecular complexity index is 849. The third kappa shape index (κ3) is 3.73. The van der Waals surface area contributed by atoms with Crippen molar-refractivity contribution in [3.05, 3.63) is 65.5 Å². The number of carbonyl (C=O) groups is 1. The van der Waals surface area contributed by atoms with Gasteiger partial charge in [-0.25, -0.2) is 12.8 Å². The van der Waals surface area contributed by atoms with Crippen LogP contribution in [0.25, 0.3) is 0 Å². The number of carbonyl (C=O) groups excluding carboxylic acids is 1. The number of amides is 1. The van der Waals surface area contributed by atoms with Gasteiger partial charge in [-0.2, -0.15) is 0 Å². The first-order valence-electron chi connectivity index (χ1n) is 7.45. The third-order valence-electron chi connectivity index (χ3n) is 3.80. The molecule has 0 saturated heterocycles. The Morgan fingerprint density at radius 2 is 1.88 bits per heavy atom. The van der Waals surface area contributed by atoms with Crippen LogP contribution in [-0.4, -0.2) is 20.9 Å². The summed E-state index contributed by atoms with van der Waals surface area (Å²) in [5.41, 5.74) is 1.09. The summed E-state index contributed by atoms with van der Waals surface area (Å²) in [6, 6.07) is 12.2. The Morgan fingerprint density at radius 1 is 1.17 bits per heavy atom. The third-order valence-corrected chi connectivity index (χ3v) is 5.03. The van der Waals surface area contributed by atoms with Gasteiger partial charge < -0.3 is 4.74 Å². The molecule has 0 aliphatic carbocycles. The maximum Gasteiger partial charge on any atom is 0.241 e. The molecule has 1 aliphatic rings. The Balaban J connectivity index is 1.73. The van der Waals surface area contributed by atoms with Crippen LogP contribution in [0.1, 0.15) is 23.5 Å². The highest BCUT2D eigenvalue weighted by Gasteiger charge is 2.30. The highest BCUT2D eigenvalue weighted by atomic mass is 32.2. The zero-order valence-corrected chi connectivity index (χ0v) is 13.6. The predicted octanol–water partition coefficient (Wildman–Crippen LogP) is 2.34. The molecular formula is C17H16FNO4S. The van der Waals surface area contributed by atoms with E-state index in [9.17, 15) is 17.6 Å². The summed E-state index contributed by atoms with van der Waals surface area (Å²) in [6.45, 7) is 0.354. The fraction of sp³-hybridized carbons (Fsp3) is 0.235. The van der Waals surface area contributed by atoms with Gasteiger partial charge in [0.2, 0.25) is 15.9 Å². The molecule has 24 heavy (non-hydrogen) atoms. The van der Waals surface area contributed by atoms with Gasteiger partial charge in [-0.15, -0.1) is 0 Å². The molecule has 1 unspecified atom stereocenters. The number of hydrogen-bond donors (Lipinski definition) is 1. The summed E-state index contributed by atoms with van der Waals surface area (Å²) in [6.07, 6.45) is 0.412. The summed E-state index contributed by atoms with van der Waals surface area (Å²) >= 11 is 0. The Labute approximate surface area is 139 Å². The summed E-state index contributed by atoms with van der Waals surface area (Å²) in [5.74, 6) is -1.38. The molecule has 1 aliphatic heterocycles. The molecule has 0 fully saturated rings. The van der Waals surface area contributed by atoms with Crippen molar-refractivity contribution >= 4 is 15.9 Å². The van der Waals surface area contributed by atoms with E-state index in [-0.39, 0.29) is 5.75 Å². The van der Waals surface area contributed by atoms with Crippen LogP contribution in [0.5, 0.6) is 5.75 Å². The average molecular weight is 349 g/mol. The lowest BCUT2D eigenvalue weighted by molar-refractivity contribution is -0.121. The Morgan fingerprint density at radius 3 is 2.62 bits per heavy atom. The van der Waals surface area contributed by atoms with Crippen LogP contribution >= 0.6 is 0 Å². The minimum Gasteiger partial charge on any atom is -0.493 e. The van der Waals surface area contributed by atoms with Crippen LogP contribution in [0.4, 0.5) is 4.39 Å². The van der Waals surface area contributed by atoms with Crippen molar-refractivity contribution in [1.29, 1.82) is 0 Å². The smallest absolute Gasteiger partial charge is 0.241 e. The maximum atomic E-state index is 12.9. The SMILES string of the molecule is O=C(NS(=O)(=O)Cc1ccc(F)cc1)C1CCOc2ccccc21. The van der Waals surface area contributed by atoms with Crippen LogP contribution in [-0.2, 0) is 20.6 Å². The number of fused-ring (bicyclic) bond motifs is 1. The molecule has 0 aromatic heterocycles. The number of hydrogen-bond acceptors (Lipinski definition) is 4. The van der Waals surface area contributed by atoms with Gasteiger partial charge in [0.15, 0.2) is 0 Å². The first-order chi connectivity index (χ1) is 11.4. The van der Waals surface area contributed by atoms with Crippen molar-refractivity contribution in [2.75, 3.05) is 6.61 Å². The standard InChI is InChI=1S/C17H16FNO4S/c18-13-7-5-12(6-8-13)11-24(21,22)19-17(20)15-9-10-23-16-4-2-1-3-14(15)16/h1-8,15H,9-11H2,(H,19,20). The molecular weight excluding hydrogens is 333 g/mol. The van der Waals surface area contributed by atoms with Crippen molar-refractivity contribution in [1.82, 2.24) is 4.72 Å². The summed E-state index contributed by atoms with van der Waals surface area (Å²) < 4.78 is 44.9. The van der Waals surface area contributed by atoms with E-state index in [0.29, 0.717) is 29.9 Å². The molecule has 0 bridgehead atoms. The van der Waals surface area contributed by atoms with Crippen LogP contribution in [0.3, 0.4) is 0 Å². The van der Waals surface area contributed by atoms with Gasteiger partial charge in [0.25, 0.3) is 0 Å². The van der Waals surface area contributed by atoms with Crippen LogP contribution in [0, 0.1) is 5.82 Å². The largest absolute Gasteiger partial charge is 0.493 e. The van der Waals surface area contributed by atoms with E-state index in [1.165, 1.54) is 24.3 Å². The van der Waals surface area contributed by atoms with E-state index in [1.807, 2.05) is 0 Å². The number of benzene rings is 2. The summed E-state index contributed by atoms with van der Waals surface area (Å²) in [5, 5.41) is 0. The van der Waals surface area contributed by atoms with Gasteiger partial charge in [0.05, 0.1) is 18.3 Å². The highest BCUT2D eigenvalue weighted by Crippen LogP contribution is 2.33. The number of halogens is 1. The molecule has 3 rings (SSSR count). The van der Waals surface area contributed by atoms with Gasteiger partial charge in [0, 0.05) is 5.56 Å². The average Bonchev–Trinajstić information content (AvgIpc) is 2.55. The molecule has 5 nitrogen and oxygen atoms in total. The Hall–Kier alpha value is -2.41. The van der Waals surface area contributed by atoms with E-state index < -0.39 is 27.7 Å². The maximum absolute atomic E-state index is 12.9. The van der Waals surface area contributed by atoms with E-state index in [1.54, 1.807) is 24.3 Å². The molecule has 2 aromatic carbocycles. The molecule has 0 radical (unpaired) electrons. The minimum absolute atomic E-state index is 0.354. The molecule has 1 N–H and O–H groups in total. The van der Waals surface area contributed by atoms with Crippen LogP contribution in [0.2, 0.25) is 0 Å². The lowest BCUT2D eigenvalue weighted by Gasteiger charge is -2.24. The van der Waals surface area contributed by atoms with Gasteiger partial charge in [-0.1, -0.05) is 30.3 Å². The van der Waals surface area contributed by atoms with Crippen LogP contribution in [0.15, 0.2) is 48.5 Å². The second-order valence-corrected chi connectivity index (χ2v) is 7.30. The van der Waals surface area contributed by atoms with E-state index in [2.05, 4.69) is 4.72 Å². The number of para-hydroxylation sites is 1. The van der Waals surface area contributed by atoms with Crippen LogP contribution < -0.4 is 9.46 Å².